The Kier molecular flexibility index (Phi) is 2.61. The number of anilines is 1. The van der Waals surface area contributed by atoms with Gasteiger partial charge in [0.25, 0.3) is 0 Å². The largest absolute Gasteiger partial charge is 0.399 e. The molecule has 2 aromatic heterocycles. The topological polar surface area (TPSA) is 38.9 Å². The lowest BCUT2D eigenvalue weighted by Crippen LogP contribution is -1.81. The second-order valence-electron chi connectivity index (χ2n) is 3.87. The van der Waals surface area contributed by atoms with Crippen LogP contribution in [-0.2, 0) is 6.42 Å². The van der Waals surface area contributed by atoms with Crippen LogP contribution in [0.4, 0.5) is 5.69 Å². The number of hydrogen-bond acceptors (Lipinski definition) is 4. The average Bonchev–Trinajstić information content (AvgIpc) is 2.93. The molecular formula is C13H12N2S2. The summed E-state index contributed by atoms with van der Waals surface area (Å²) in [4.78, 5) is 5.98. The number of thiophene rings is 1. The van der Waals surface area contributed by atoms with Gasteiger partial charge in [-0.15, -0.1) is 22.7 Å². The Morgan fingerprint density at radius 1 is 1.29 bits per heavy atom. The molecule has 0 saturated heterocycles. The normalized spacial score (nSPS) is 11.1. The van der Waals surface area contributed by atoms with Gasteiger partial charge in [0.15, 0.2) is 0 Å². The molecule has 1 aromatic carbocycles. The summed E-state index contributed by atoms with van der Waals surface area (Å²) in [6, 6.07) is 8.07. The van der Waals surface area contributed by atoms with Crippen molar-refractivity contribution in [1.29, 1.82) is 0 Å². The quantitative estimate of drug-likeness (QED) is 0.702. The van der Waals surface area contributed by atoms with Gasteiger partial charge in [-0.1, -0.05) is 6.92 Å². The highest BCUT2D eigenvalue weighted by Gasteiger charge is 2.11. The predicted molar refractivity (Wildman–Crippen MR) is 76.7 cm³/mol. The molecule has 0 aliphatic heterocycles. The summed E-state index contributed by atoms with van der Waals surface area (Å²) in [5, 5.41) is 3.24. The molecule has 2 N–H and O–H groups in total. The molecule has 3 rings (SSSR count). The molecule has 17 heavy (non-hydrogen) atoms. The molecule has 0 bridgehead atoms. The van der Waals surface area contributed by atoms with Crippen LogP contribution < -0.4 is 5.73 Å². The molecule has 0 unspecified atom stereocenters. The van der Waals surface area contributed by atoms with Gasteiger partial charge < -0.3 is 5.73 Å². The maximum absolute atomic E-state index is 5.79. The first-order chi connectivity index (χ1) is 8.28. The van der Waals surface area contributed by atoms with Crippen LogP contribution in [0, 0.1) is 0 Å². The second kappa shape index (κ2) is 4.13. The van der Waals surface area contributed by atoms with Crippen molar-refractivity contribution < 1.29 is 0 Å². The number of rotatable bonds is 2. The van der Waals surface area contributed by atoms with Gasteiger partial charge in [0, 0.05) is 5.69 Å². The predicted octanol–water partition coefficient (Wildman–Crippen LogP) is 4.17. The summed E-state index contributed by atoms with van der Waals surface area (Å²) >= 11 is 3.48. The minimum atomic E-state index is 0.801. The summed E-state index contributed by atoms with van der Waals surface area (Å²) in [6.07, 6.45) is 1.05. The van der Waals surface area contributed by atoms with Crippen molar-refractivity contribution >= 4 is 38.6 Å². The van der Waals surface area contributed by atoms with Gasteiger partial charge in [0.05, 0.1) is 15.1 Å². The van der Waals surface area contributed by atoms with E-state index in [2.05, 4.69) is 23.4 Å². The molecular weight excluding hydrogens is 248 g/mol. The number of benzene rings is 1. The molecule has 4 heteroatoms. The molecule has 0 aliphatic rings. The average molecular weight is 260 g/mol. The third-order valence-electron chi connectivity index (χ3n) is 2.73. The first-order valence-corrected chi connectivity index (χ1v) is 7.20. The fourth-order valence-corrected chi connectivity index (χ4v) is 3.98. The minimum absolute atomic E-state index is 0.801. The zero-order chi connectivity index (χ0) is 11.8. The van der Waals surface area contributed by atoms with Gasteiger partial charge in [-0.2, -0.15) is 0 Å². The van der Waals surface area contributed by atoms with E-state index < -0.39 is 0 Å². The summed E-state index contributed by atoms with van der Waals surface area (Å²) in [6.45, 7) is 2.18. The van der Waals surface area contributed by atoms with Gasteiger partial charge >= 0.3 is 0 Å². The molecule has 0 saturated carbocycles. The minimum Gasteiger partial charge on any atom is -0.399 e. The first-order valence-electron chi connectivity index (χ1n) is 5.50. The summed E-state index contributed by atoms with van der Waals surface area (Å²) in [5.41, 5.74) is 9.00. The first kappa shape index (κ1) is 10.7. The van der Waals surface area contributed by atoms with Crippen LogP contribution in [0.5, 0.6) is 0 Å². The van der Waals surface area contributed by atoms with Crippen molar-refractivity contribution in [3.63, 3.8) is 0 Å². The summed E-state index contributed by atoms with van der Waals surface area (Å²) < 4.78 is 1.16. The molecule has 0 radical (unpaired) electrons. The molecule has 2 nitrogen and oxygen atoms in total. The molecule has 0 amide bonds. The summed E-state index contributed by atoms with van der Waals surface area (Å²) in [7, 11) is 0. The van der Waals surface area contributed by atoms with Crippen LogP contribution in [0.25, 0.3) is 20.1 Å². The standard InChI is InChI=1S/C13H12N2S2/c1-2-8-5-6-16-12(8)13-15-10-4-3-9(14)7-11(10)17-13/h3-7H,2,14H2,1H3. The maximum atomic E-state index is 5.79. The van der Waals surface area contributed by atoms with Crippen LogP contribution in [0.15, 0.2) is 29.6 Å². The highest BCUT2D eigenvalue weighted by atomic mass is 32.1. The van der Waals surface area contributed by atoms with Crippen LogP contribution in [0.1, 0.15) is 12.5 Å². The lowest BCUT2D eigenvalue weighted by atomic mass is 10.2. The van der Waals surface area contributed by atoms with E-state index in [0.717, 1.165) is 27.3 Å². The van der Waals surface area contributed by atoms with Gasteiger partial charge in [-0.05, 0) is 41.6 Å². The molecule has 0 spiro atoms. The molecule has 0 atom stereocenters. The lowest BCUT2D eigenvalue weighted by Gasteiger charge is -1.94. The van der Waals surface area contributed by atoms with E-state index in [4.69, 9.17) is 5.73 Å². The van der Waals surface area contributed by atoms with Crippen molar-refractivity contribution in [3.8, 4) is 9.88 Å². The third-order valence-corrected chi connectivity index (χ3v) is 4.86. The number of nitrogen functional groups attached to an aromatic ring is 1. The van der Waals surface area contributed by atoms with E-state index in [1.165, 1.54) is 10.4 Å². The van der Waals surface area contributed by atoms with E-state index in [9.17, 15) is 0 Å². The number of hydrogen-bond donors (Lipinski definition) is 1. The summed E-state index contributed by atoms with van der Waals surface area (Å²) in [5.74, 6) is 0. The van der Waals surface area contributed by atoms with Gasteiger partial charge in [0.2, 0.25) is 0 Å². The number of aryl methyl sites for hydroxylation is 1. The maximum Gasteiger partial charge on any atom is 0.134 e. The van der Waals surface area contributed by atoms with Crippen molar-refractivity contribution in [2.45, 2.75) is 13.3 Å². The van der Waals surface area contributed by atoms with Crippen molar-refractivity contribution in [1.82, 2.24) is 4.98 Å². The van der Waals surface area contributed by atoms with Gasteiger partial charge in [0.1, 0.15) is 5.01 Å². The molecule has 0 aliphatic carbocycles. The number of fused-ring (bicyclic) bond motifs is 1. The Morgan fingerprint density at radius 2 is 2.18 bits per heavy atom. The third kappa shape index (κ3) is 1.83. The van der Waals surface area contributed by atoms with Crippen molar-refractivity contribution in [2.75, 3.05) is 5.73 Å². The van der Waals surface area contributed by atoms with Crippen LogP contribution >= 0.6 is 22.7 Å². The van der Waals surface area contributed by atoms with Crippen LogP contribution in [-0.4, -0.2) is 4.98 Å². The number of nitrogens with two attached hydrogens (primary N) is 1. The molecule has 0 fully saturated rings. The van der Waals surface area contributed by atoms with E-state index in [1.807, 2.05) is 18.2 Å². The smallest absolute Gasteiger partial charge is 0.134 e. The fourth-order valence-electron chi connectivity index (χ4n) is 1.84. The van der Waals surface area contributed by atoms with Gasteiger partial charge in [-0.25, -0.2) is 4.98 Å². The Morgan fingerprint density at radius 3 is 3.00 bits per heavy atom. The number of aromatic nitrogens is 1. The van der Waals surface area contributed by atoms with Crippen molar-refractivity contribution in [2.24, 2.45) is 0 Å². The molecule has 2 heterocycles. The highest BCUT2D eigenvalue weighted by Crippen LogP contribution is 2.36. The SMILES string of the molecule is CCc1ccsc1-c1nc2ccc(N)cc2s1. The Bertz CT molecular complexity index is 667. The Balaban J connectivity index is 2.18. The van der Waals surface area contributed by atoms with E-state index >= 15 is 0 Å². The number of thiazole rings is 1. The van der Waals surface area contributed by atoms with Gasteiger partial charge in [-0.3, -0.25) is 0 Å². The molecule has 3 aromatic rings. The van der Waals surface area contributed by atoms with E-state index in [-0.39, 0.29) is 0 Å². The zero-order valence-corrected chi connectivity index (χ0v) is 11.1. The zero-order valence-electron chi connectivity index (χ0n) is 9.43. The lowest BCUT2D eigenvalue weighted by molar-refractivity contribution is 1.16. The number of nitrogens with zero attached hydrogens (tertiary/aromatic N) is 1. The second-order valence-corrected chi connectivity index (χ2v) is 5.82. The Hall–Kier alpha value is -1.39. The Labute approximate surface area is 108 Å². The van der Waals surface area contributed by atoms with Crippen LogP contribution in [0.3, 0.4) is 0 Å². The fraction of sp³-hybridized carbons (Fsp3) is 0.154. The molecule has 86 valence electrons. The highest BCUT2D eigenvalue weighted by molar-refractivity contribution is 7.25. The van der Waals surface area contributed by atoms with Crippen molar-refractivity contribution in [3.05, 3.63) is 35.2 Å². The van der Waals surface area contributed by atoms with Crippen LogP contribution in [0.2, 0.25) is 0 Å². The van der Waals surface area contributed by atoms with E-state index in [0.29, 0.717) is 0 Å². The monoisotopic (exact) mass is 260 g/mol. The van der Waals surface area contributed by atoms with E-state index in [1.54, 1.807) is 22.7 Å².